The lowest BCUT2D eigenvalue weighted by Crippen LogP contribution is -2.44. The molecule has 2 unspecified atom stereocenters. The topological polar surface area (TPSA) is 89.8 Å². The van der Waals surface area contributed by atoms with Gasteiger partial charge in [0, 0.05) is 29.6 Å². The number of aromatic nitrogens is 3. The van der Waals surface area contributed by atoms with Gasteiger partial charge >= 0.3 is 6.09 Å². The zero-order chi connectivity index (χ0) is 29.5. The van der Waals surface area contributed by atoms with E-state index in [1.807, 2.05) is 50.9 Å². The third-order valence-electron chi connectivity index (χ3n) is 7.29. The van der Waals surface area contributed by atoms with Crippen LogP contribution in [0.4, 0.5) is 4.79 Å². The van der Waals surface area contributed by atoms with Crippen molar-refractivity contribution >= 4 is 46.8 Å². The summed E-state index contributed by atoms with van der Waals surface area (Å²) >= 11 is 18.6. The minimum absolute atomic E-state index is 0.0514. The van der Waals surface area contributed by atoms with Crippen molar-refractivity contribution in [1.82, 2.24) is 24.8 Å². The fourth-order valence-electron chi connectivity index (χ4n) is 5.25. The summed E-state index contributed by atoms with van der Waals surface area (Å²) in [5, 5.41) is 9.82. The molecule has 41 heavy (non-hydrogen) atoms. The molecule has 3 heterocycles. The van der Waals surface area contributed by atoms with Crippen LogP contribution in [0.3, 0.4) is 0 Å². The van der Waals surface area contributed by atoms with Gasteiger partial charge in [0.25, 0.3) is 5.91 Å². The van der Waals surface area contributed by atoms with Gasteiger partial charge in [-0.3, -0.25) is 4.79 Å². The van der Waals surface area contributed by atoms with E-state index in [-0.39, 0.29) is 24.4 Å². The Labute approximate surface area is 254 Å². The van der Waals surface area contributed by atoms with Crippen molar-refractivity contribution in [1.29, 1.82) is 0 Å². The molecule has 5 rings (SSSR count). The number of halogens is 3. The molecule has 0 spiro atoms. The number of carbonyl (C=O) groups excluding carboxylic acids is 2. The van der Waals surface area contributed by atoms with Crippen LogP contribution in [-0.2, 0) is 11.3 Å². The van der Waals surface area contributed by atoms with Gasteiger partial charge in [-0.1, -0.05) is 46.1 Å². The highest BCUT2D eigenvalue weighted by molar-refractivity contribution is 6.43. The molecule has 2 aliphatic rings. The Bertz CT molecular complexity index is 1470. The van der Waals surface area contributed by atoms with Gasteiger partial charge in [0.2, 0.25) is 0 Å². The molecule has 0 N–H and O–H groups in total. The molecule has 3 aromatic rings. The Balaban J connectivity index is 1.31. The number of piperidine rings is 1. The van der Waals surface area contributed by atoms with E-state index in [1.165, 1.54) is 0 Å². The summed E-state index contributed by atoms with van der Waals surface area (Å²) in [6.07, 6.45) is 2.86. The number of hydrogen-bond acceptors (Lipinski definition) is 6. The van der Waals surface area contributed by atoms with Crippen LogP contribution < -0.4 is 4.74 Å². The number of carbonyl (C=O) groups is 2. The molecule has 2 aliphatic heterocycles. The SMILES string of the molecule is CC1CC(c2cn(-c3cc(Cl)c(Cl)cc3Cl)nn2)CCN1C(=O)c1cccc2c1CN(C(=O)OC(C)(C)C)CCO2. The number of amides is 2. The molecule has 2 aromatic carbocycles. The van der Waals surface area contributed by atoms with Crippen molar-refractivity contribution in [3.63, 3.8) is 0 Å². The molecule has 0 radical (unpaired) electrons. The molecule has 218 valence electrons. The van der Waals surface area contributed by atoms with Gasteiger partial charge in [0.1, 0.15) is 18.0 Å². The molecular formula is C29H32Cl3N5O4. The molecule has 0 bridgehead atoms. The van der Waals surface area contributed by atoms with Crippen molar-refractivity contribution < 1.29 is 19.1 Å². The van der Waals surface area contributed by atoms with Crippen LogP contribution in [0.1, 0.15) is 68.1 Å². The molecule has 0 saturated carbocycles. The van der Waals surface area contributed by atoms with Gasteiger partial charge in [-0.25, -0.2) is 9.48 Å². The predicted octanol–water partition coefficient (Wildman–Crippen LogP) is 6.77. The second kappa shape index (κ2) is 11.7. The molecule has 1 fully saturated rings. The number of likely N-dealkylation sites (tertiary alicyclic amines) is 1. The van der Waals surface area contributed by atoms with Crippen molar-refractivity contribution in [3.8, 4) is 11.4 Å². The maximum atomic E-state index is 13.9. The minimum atomic E-state index is -0.623. The quantitative estimate of drug-likeness (QED) is 0.301. The van der Waals surface area contributed by atoms with Crippen LogP contribution in [0, 0.1) is 0 Å². The Morgan fingerprint density at radius 2 is 1.83 bits per heavy atom. The summed E-state index contributed by atoms with van der Waals surface area (Å²) in [4.78, 5) is 30.2. The van der Waals surface area contributed by atoms with E-state index in [4.69, 9.17) is 44.3 Å². The Morgan fingerprint density at radius 3 is 2.56 bits per heavy atom. The maximum Gasteiger partial charge on any atom is 0.410 e. The lowest BCUT2D eigenvalue weighted by atomic mass is 9.88. The fraction of sp³-hybridized carbons (Fsp3) is 0.448. The average Bonchev–Trinajstić information content (AvgIpc) is 3.28. The first-order chi connectivity index (χ1) is 19.4. The van der Waals surface area contributed by atoms with E-state index < -0.39 is 11.7 Å². The number of benzene rings is 2. The van der Waals surface area contributed by atoms with E-state index >= 15 is 0 Å². The first kappa shape index (κ1) is 29.5. The van der Waals surface area contributed by atoms with E-state index in [1.54, 1.807) is 27.8 Å². The average molecular weight is 621 g/mol. The van der Waals surface area contributed by atoms with E-state index in [0.717, 1.165) is 18.5 Å². The van der Waals surface area contributed by atoms with Gasteiger partial charge in [0.05, 0.1) is 45.7 Å². The second-order valence-corrected chi connectivity index (χ2v) is 12.6. The zero-order valence-electron chi connectivity index (χ0n) is 23.4. The van der Waals surface area contributed by atoms with Crippen LogP contribution in [0.5, 0.6) is 5.75 Å². The lowest BCUT2D eigenvalue weighted by Gasteiger charge is -2.37. The maximum absolute atomic E-state index is 13.9. The number of rotatable bonds is 3. The van der Waals surface area contributed by atoms with Crippen molar-refractivity contribution in [2.24, 2.45) is 0 Å². The third-order valence-corrected chi connectivity index (χ3v) is 8.31. The van der Waals surface area contributed by atoms with Crippen molar-refractivity contribution in [3.05, 3.63) is 68.4 Å². The van der Waals surface area contributed by atoms with E-state index in [2.05, 4.69) is 10.3 Å². The molecule has 2 atom stereocenters. The second-order valence-electron chi connectivity index (χ2n) is 11.4. The van der Waals surface area contributed by atoms with Crippen LogP contribution >= 0.6 is 34.8 Å². The van der Waals surface area contributed by atoms with Crippen molar-refractivity contribution in [2.75, 3.05) is 19.7 Å². The van der Waals surface area contributed by atoms with Crippen LogP contribution in [0.25, 0.3) is 5.69 Å². The molecule has 0 aliphatic carbocycles. The predicted molar refractivity (Wildman–Crippen MR) is 157 cm³/mol. The number of fused-ring (bicyclic) bond motifs is 1. The number of ether oxygens (including phenoxy) is 2. The monoisotopic (exact) mass is 619 g/mol. The van der Waals surface area contributed by atoms with Gasteiger partial charge < -0.3 is 19.3 Å². The van der Waals surface area contributed by atoms with Crippen LogP contribution in [0.2, 0.25) is 15.1 Å². The third kappa shape index (κ3) is 6.42. The Morgan fingerprint density at radius 1 is 1.07 bits per heavy atom. The normalized spacial score (nSPS) is 19.3. The van der Waals surface area contributed by atoms with Gasteiger partial charge in [-0.15, -0.1) is 5.10 Å². The highest BCUT2D eigenvalue weighted by Crippen LogP contribution is 2.35. The molecular weight excluding hydrogens is 589 g/mol. The molecule has 12 heteroatoms. The first-order valence-electron chi connectivity index (χ1n) is 13.5. The summed E-state index contributed by atoms with van der Waals surface area (Å²) in [6.45, 7) is 8.99. The molecule has 9 nitrogen and oxygen atoms in total. The standard InChI is InChI=1S/C29H32Cl3N5O4/c1-17-12-18(24-16-37(34-33-24)25-14-22(31)21(30)13-23(25)32)8-9-36(17)27(38)19-6-5-7-26-20(19)15-35(10-11-40-26)28(39)41-29(2,3)4/h5-7,13-14,16-18H,8-12,15H2,1-4H3. The number of hydrogen-bond donors (Lipinski definition) is 0. The Kier molecular flexibility index (Phi) is 8.41. The highest BCUT2D eigenvalue weighted by Gasteiger charge is 2.34. The minimum Gasteiger partial charge on any atom is -0.491 e. The van der Waals surface area contributed by atoms with Gasteiger partial charge in [-0.05, 0) is 64.8 Å². The highest BCUT2D eigenvalue weighted by atomic mass is 35.5. The molecule has 1 saturated heterocycles. The zero-order valence-corrected chi connectivity index (χ0v) is 25.6. The summed E-state index contributed by atoms with van der Waals surface area (Å²) in [6, 6.07) is 8.64. The Hall–Kier alpha value is -3.01. The number of nitrogens with zero attached hydrogens (tertiary/aromatic N) is 5. The van der Waals surface area contributed by atoms with E-state index in [0.29, 0.717) is 57.3 Å². The van der Waals surface area contributed by atoms with E-state index in [9.17, 15) is 9.59 Å². The first-order valence-corrected chi connectivity index (χ1v) is 14.7. The summed E-state index contributed by atoms with van der Waals surface area (Å²) in [5.41, 5.74) is 2.01. The summed E-state index contributed by atoms with van der Waals surface area (Å²) < 4.78 is 13.1. The lowest BCUT2D eigenvalue weighted by molar-refractivity contribution is 0.0224. The molecule has 1 aromatic heterocycles. The van der Waals surface area contributed by atoms with Crippen LogP contribution in [-0.4, -0.2) is 68.1 Å². The smallest absolute Gasteiger partial charge is 0.410 e. The largest absolute Gasteiger partial charge is 0.491 e. The fourth-order valence-corrected chi connectivity index (χ4v) is 5.88. The molecule has 2 amide bonds. The summed E-state index contributed by atoms with van der Waals surface area (Å²) in [7, 11) is 0. The van der Waals surface area contributed by atoms with Gasteiger partial charge in [-0.2, -0.15) is 0 Å². The van der Waals surface area contributed by atoms with Gasteiger partial charge in [0.15, 0.2) is 0 Å². The van der Waals surface area contributed by atoms with Crippen molar-refractivity contribution in [2.45, 2.75) is 64.6 Å². The summed E-state index contributed by atoms with van der Waals surface area (Å²) in [5.74, 6) is 0.638. The van der Waals surface area contributed by atoms with Crippen LogP contribution in [0.15, 0.2) is 36.5 Å².